The van der Waals surface area contributed by atoms with E-state index in [0.29, 0.717) is 35.2 Å². The fourth-order valence-electron chi connectivity index (χ4n) is 4.56. The second-order valence-corrected chi connectivity index (χ2v) is 9.43. The van der Waals surface area contributed by atoms with Gasteiger partial charge in [0.15, 0.2) is 5.82 Å². The van der Waals surface area contributed by atoms with Crippen LogP contribution in [0.4, 0.5) is 0 Å². The molecule has 10 heteroatoms. The molecule has 10 nitrogen and oxygen atoms in total. The fourth-order valence-corrected chi connectivity index (χ4v) is 4.56. The zero-order chi connectivity index (χ0) is 25.5. The van der Waals surface area contributed by atoms with Crippen molar-refractivity contribution in [2.45, 2.75) is 45.3 Å². The molecular formula is C27H26N6O4. The number of carbonyl (C=O) groups excluding carboxylic acids is 1. The monoisotopic (exact) mass is 498 g/mol. The quantitative estimate of drug-likeness (QED) is 0.349. The van der Waals surface area contributed by atoms with Crippen molar-refractivity contribution in [3.05, 3.63) is 82.0 Å². The molecule has 0 atom stereocenters. The highest BCUT2D eigenvalue weighted by Gasteiger charge is 2.29. The Morgan fingerprint density at radius 2 is 2.08 bits per heavy atom. The largest absolute Gasteiger partial charge is 0.497 e. The van der Waals surface area contributed by atoms with Gasteiger partial charge in [-0.25, -0.2) is 4.98 Å². The van der Waals surface area contributed by atoms with Crippen molar-refractivity contribution in [2.75, 3.05) is 7.11 Å². The molecule has 188 valence electrons. The molecule has 1 saturated carbocycles. The molecule has 1 N–H and O–H groups in total. The third-order valence-electron chi connectivity index (χ3n) is 6.64. The van der Waals surface area contributed by atoms with Gasteiger partial charge in [0.25, 0.3) is 5.56 Å². The zero-order valence-electron chi connectivity index (χ0n) is 20.6. The average molecular weight is 499 g/mol. The van der Waals surface area contributed by atoms with Gasteiger partial charge in [-0.1, -0.05) is 28.9 Å². The Hall–Kier alpha value is -4.47. The Labute approximate surface area is 211 Å². The number of amides is 1. The van der Waals surface area contributed by atoms with Gasteiger partial charge in [0.05, 0.1) is 19.0 Å². The van der Waals surface area contributed by atoms with Gasteiger partial charge in [-0.2, -0.15) is 4.98 Å². The summed E-state index contributed by atoms with van der Waals surface area (Å²) in [5.41, 5.74) is 3.38. The van der Waals surface area contributed by atoms with Crippen LogP contribution >= 0.6 is 0 Å². The van der Waals surface area contributed by atoms with Gasteiger partial charge in [0.2, 0.25) is 11.8 Å². The number of hydrogen-bond acceptors (Lipinski definition) is 7. The number of carbonyl (C=O) groups is 1. The molecule has 0 spiro atoms. The van der Waals surface area contributed by atoms with Gasteiger partial charge in [-0.05, 0) is 49.6 Å². The predicted molar refractivity (Wildman–Crippen MR) is 136 cm³/mol. The Balaban J connectivity index is 1.33. The van der Waals surface area contributed by atoms with E-state index in [1.807, 2.05) is 49.4 Å². The topological polar surface area (TPSA) is 117 Å². The summed E-state index contributed by atoms with van der Waals surface area (Å²) in [6, 6.07) is 13.4. The summed E-state index contributed by atoms with van der Waals surface area (Å²) in [5.74, 6) is 1.91. The number of aryl methyl sites for hydroxylation is 1. The average Bonchev–Trinajstić information content (AvgIpc) is 3.58. The molecule has 0 bridgehead atoms. The Morgan fingerprint density at radius 3 is 2.89 bits per heavy atom. The first kappa shape index (κ1) is 23.0. The van der Waals surface area contributed by atoms with Gasteiger partial charge in [0, 0.05) is 17.8 Å². The highest BCUT2D eigenvalue weighted by Crippen LogP contribution is 2.38. The number of nitrogens with zero attached hydrogens (tertiary/aromatic N) is 5. The Kier molecular flexibility index (Phi) is 5.71. The molecule has 5 aromatic rings. The number of hydrogen-bond donors (Lipinski definition) is 1. The first-order valence-electron chi connectivity index (χ1n) is 12.2. The van der Waals surface area contributed by atoms with E-state index in [0.717, 1.165) is 40.6 Å². The van der Waals surface area contributed by atoms with Crippen LogP contribution in [0.25, 0.3) is 21.9 Å². The molecule has 0 unspecified atom stereocenters. The van der Waals surface area contributed by atoms with E-state index in [-0.39, 0.29) is 24.6 Å². The minimum atomic E-state index is -0.273. The van der Waals surface area contributed by atoms with Crippen molar-refractivity contribution in [1.29, 1.82) is 0 Å². The van der Waals surface area contributed by atoms with E-state index in [1.54, 1.807) is 11.7 Å². The Morgan fingerprint density at radius 1 is 1.22 bits per heavy atom. The van der Waals surface area contributed by atoms with Gasteiger partial charge >= 0.3 is 0 Å². The number of fused-ring (bicyclic) bond motifs is 3. The molecule has 0 saturated heterocycles. The lowest BCUT2D eigenvalue weighted by Gasteiger charge is -2.10. The summed E-state index contributed by atoms with van der Waals surface area (Å²) in [7, 11) is 1.60. The van der Waals surface area contributed by atoms with Crippen LogP contribution in [0, 0.1) is 6.92 Å². The van der Waals surface area contributed by atoms with E-state index < -0.39 is 0 Å². The van der Waals surface area contributed by atoms with Crippen LogP contribution in [0.2, 0.25) is 0 Å². The van der Waals surface area contributed by atoms with Crippen molar-refractivity contribution in [2.24, 2.45) is 0 Å². The summed E-state index contributed by atoms with van der Waals surface area (Å²) in [6.45, 7) is 2.41. The minimum absolute atomic E-state index is 0.0274. The molecule has 1 amide bonds. The maximum Gasteiger partial charge on any atom is 0.278 e. The summed E-state index contributed by atoms with van der Waals surface area (Å²) >= 11 is 0. The molecule has 0 aliphatic heterocycles. The van der Waals surface area contributed by atoms with Crippen LogP contribution in [0.15, 0.2) is 58.1 Å². The number of ether oxygens (including phenoxy) is 1. The lowest BCUT2D eigenvalue weighted by molar-refractivity contribution is -0.121. The van der Waals surface area contributed by atoms with Gasteiger partial charge < -0.3 is 19.1 Å². The number of nitrogens with one attached hydrogen (secondary N) is 1. The van der Waals surface area contributed by atoms with Gasteiger partial charge in [-0.15, -0.1) is 0 Å². The van der Waals surface area contributed by atoms with Crippen LogP contribution in [0.1, 0.15) is 41.6 Å². The lowest BCUT2D eigenvalue weighted by atomic mass is 10.1. The van der Waals surface area contributed by atoms with Gasteiger partial charge in [0.1, 0.15) is 29.9 Å². The molecule has 6 rings (SSSR count). The summed E-state index contributed by atoms with van der Waals surface area (Å²) in [4.78, 5) is 35.7. The highest BCUT2D eigenvalue weighted by atomic mass is 16.5. The normalized spacial score (nSPS) is 13.4. The zero-order valence-corrected chi connectivity index (χ0v) is 20.6. The van der Waals surface area contributed by atoms with E-state index in [4.69, 9.17) is 9.26 Å². The third-order valence-corrected chi connectivity index (χ3v) is 6.64. The SMILES string of the molecule is COc1cccc(CNC(=O)Cn2c3ccc(C)cc3c3ncn(Cc4nc(C5CC5)no4)c(=O)c32)c1. The molecule has 1 fully saturated rings. The van der Waals surface area contributed by atoms with Crippen LogP contribution in [0.5, 0.6) is 5.75 Å². The fraction of sp³-hybridized carbons (Fsp3) is 0.296. The Bertz CT molecular complexity index is 1690. The number of rotatable bonds is 8. The van der Waals surface area contributed by atoms with Crippen molar-refractivity contribution in [3.8, 4) is 5.75 Å². The van der Waals surface area contributed by atoms with Gasteiger partial charge in [-0.3, -0.25) is 14.2 Å². The third kappa shape index (κ3) is 4.46. The van der Waals surface area contributed by atoms with E-state index in [9.17, 15) is 9.59 Å². The second-order valence-electron chi connectivity index (χ2n) is 9.43. The smallest absolute Gasteiger partial charge is 0.278 e. The predicted octanol–water partition coefficient (Wildman–Crippen LogP) is 3.29. The highest BCUT2D eigenvalue weighted by molar-refractivity contribution is 6.06. The van der Waals surface area contributed by atoms with Crippen LogP contribution in [-0.2, 0) is 24.4 Å². The number of aromatic nitrogens is 5. The first-order valence-corrected chi connectivity index (χ1v) is 12.2. The number of benzene rings is 2. The molecule has 1 aliphatic carbocycles. The van der Waals surface area contributed by atoms with Crippen molar-refractivity contribution >= 4 is 27.8 Å². The molecule has 0 radical (unpaired) electrons. The van der Waals surface area contributed by atoms with Crippen molar-refractivity contribution in [1.82, 2.24) is 29.6 Å². The molecule has 3 heterocycles. The summed E-state index contributed by atoms with van der Waals surface area (Å²) in [6.07, 6.45) is 3.62. The first-order chi connectivity index (χ1) is 18.0. The van der Waals surface area contributed by atoms with E-state index in [2.05, 4.69) is 20.4 Å². The van der Waals surface area contributed by atoms with Crippen molar-refractivity contribution < 1.29 is 14.1 Å². The second kappa shape index (κ2) is 9.20. The summed E-state index contributed by atoms with van der Waals surface area (Å²) < 4.78 is 13.8. The molecule has 2 aromatic carbocycles. The van der Waals surface area contributed by atoms with E-state index >= 15 is 0 Å². The standard InChI is InChI=1S/C27H26N6O4/c1-16-6-9-21-20(10-16)24-25(33(21)13-22(34)28-12-17-4-3-5-19(11-17)36-2)27(35)32(15-29-24)14-23-30-26(31-37-23)18-7-8-18/h3-6,9-11,15,18H,7-8,12-14H2,1-2H3,(H,28,34). The minimum Gasteiger partial charge on any atom is -0.497 e. The van der Waals surface area contributed by atoms with E-state index in [1.165, 1.54) is 10.9 Å². The molecular weight excluding hydrogens is 472 g/mol. The van der Waals surface area contributed by atoms with Crippen molar-refractivity contribution in [3.63, 3.8) is 0 Å². The molecule has 37 heavy (non-hydrogen) atoms. The number of methoxy groups -OCH3 is 1. The summed E-state index contributed by atoms with van der Waals surface area (Å²) in [5, 5.41) is 7.81. The van der Waals surface area contributed by atoms with Crippen LogP contribution in [-0.4, -0.2) is 37.3 Å². The maximum absolute atomic E-state index is 13.7. The molecule has 1 aliphatic rings. The maximum atomic E-state index is 13.7. The molecule has 3 aromatic heterocycles. The lowest BCUT2D eigenvalue weighted by Crippen LogP contribution is -2.29. The van der Waals surface area contributed by atoms with Crippen LogP contribution < -0.4 is 15.6 Å². The van der Waals surface area contributed by atoms with Crippen LogP contribution in [0.3, 0.4) is 0 Å².